The second-order valence-corrected chi connectivity index (χ2v) is 16.1. The minimum atomic E-state index is 0.425. The average Bonchev–Trinajstić information content (AvgIpc) is 2.84. The summed E-state index contributed by atoms with van der Waals surface area (Å²) in [6.45, 7) is 19.1. The van der Waals surface area contributed by atoms with Crippen molar-refractivity contribution in [1.29, 1.82) is 0 Å². The fourth-order valence-electron chi connectivity index (χ4n) is 9.43. The molecular formula is C34H68N4. The monoisotopic (exact) mass is 533 g/mol. The van der Waals surface area contributed by atoms with E-state index in [4.69, 9.17) is 22.9 Å². The molecule has 10 atom stereocenters. The van der Waals surface area contributed by atoms with Crippen LogP contribution in [0.25, 0.3) is 0 Å². The van der Waals surface area contributed by atoms with Crippen molar-refractivity contribution in [2.75, 3.05) is 0 Å². The summed E-state index contributed by atoms with van der Waals surface area (Å²) < 4.78 is 0. The molecule has 0 aliphatic heterocycles. The summed E-state index contributed by atoms with van der Waals surface area (Å²) in [7, 11) is 0. The van der Waals surface area contributed by atoms with Gasteiger partial charge in [0.2, 0.25) is 0 Å². The average molecular weight is 533 g/mol. The Balaban J connectivity index is 0.000000211. The van der Waals surface area contributed by atoms with Crippen LogP contribution in [-0.2, 0) is 0 Å². The first kappa shape index (κ1) is 32.4. The van der Waals surface area contributed by atoms with E-state index in [-0.39, 0.29) is 0 Å². The maximum Gasteiger partial charge on any atom is 0.00905 e. The van der Waals surface area contributed by atoms with Crippen LogP contribution >= 0.6 is 0 Å². The van der Waals surface area contributed by atoms with E-state index in [2.05, 4.69) is 55.4 Å². The molecule has 0 bridgehead atoms. The second-order valence-electron chi connectivity index (χ2n) is 16.1. The molecule has 38 heavy (non-hydrogen) atoms. The van der Waals surface area contributed by atoms with Crippen LogP contribution < -0.4 is 22.9 Å². The molecule has 0 heterocycles. The van der Waals surface area contributed by atoms with E-state index in [1.165, 1.54) is 70.6 Å². The maximum absolute atomic E-state index is 6.26. The molecule has 0 saturated heterocycles. The van der Waals surface area contributed by atoms with Gasteiger partial charge in [-0.15, -0.1) is 0 Å². The third-order valence-corrected chi connectivity index (χ3v) is 12.7. The predicted molar refractivity (Wildman–Crippen MR) is 165 cm³/mol. The van der Waals surface area contributed by atoms with Crippen LogP contribution in [0.5, 0.6) is 0 Å². The van der Waals surface area contributed by atoms with Crippen molar-refractivity contribution in [2.24, 2.45) is 87.5 Å². The maximum atomic E-state index is 6.26. The lowest BCUT2D eigenvalue weighted by Gasteiger charge is -2.48. The van der Waals surface area contributed by atoms with Crippen LogP contribution in [0.15, 0.2) is 0 Å². The minimum absolute atomic E-state index is 0.425. The Hall–Kier alpha value is -0.160. The highest BCUT2D eigenvalue weighted by atomic mass is 14.7. The van der Waals surface area contributed by atoms with Gasteiger partial charge in [-0.3, -0.25) is 0 Å². The van der Waals surface area contributed by atoms with Gasteiger partial charge in [-0.05, 0) is 135 Å². The highest BCUT2D eigenvalue weighted by molar-refractivity contribution is 4.94. The lowest BCUT2D eigenvalue weighted by molar-refractivity contribution is 0.0259. The van der Waals surface area contributed by atoms with E-state index in [1.807, 2.05) is 0 Å². The fourth-order valence-corrected chi connectivity index (χ4v) is 9.43. The van der Waals surface area contributed by atoms with Crippen LogP contribution in [0.2, 0.25) is 0 Å². The standard InChI is InChI=1S/2C17H34N2/c1-10-5-14(6-11(2)16(10)18)9-15-7-12(3)17(19)13(4)8-15;1-11-9-13(5-7-15(11)18)17(3,4)14-6-8-16(19)12(2)10-14/h10-17H,5-9,18-19H2,1-4H3;11-16H,5-10,18-19H2,1-4H3. The Morgan fingerprint density at radius 2 is 0.789 bits per heavy atom. The van der Waals surface area contributed by atoms with Gasteiger partial charge in [0, 0.05) is 24.2 Å². The SMILES string of the molecule is CC1CC(C(C)(C)C2CCC(N)C(C)C2)CCC1N.CC1CC(CC2CC(C)C(N)C(C)C2)CC(C)C1N. The molecule has 224 valence electrons. The van der Waals surface area contributed by atoms with E-state index in [0.717, 1.165) is 23.7 Å². The third kappa shape index (κ3) is 7.98. The molecule has 0 radical (unpaired) electrons. The van der Waals surface area contributed by atoms with Crippen molar-refractivity contribution in [1.82, 2.24) is 0 Å². The molecule has 0 spiro atoms. The van der Waals surface area contributed by atoms with Crippen molar-refractivity contribution in [3.05, 3.63) is 0 Å². The van der Waals surface area contributed by atoms with Crippen molar-refractivity contribution >= 4 is 0 Å². The molecule has 4 nitrogen and oxygen atoms in total. The molecule has 0 aromatic heterocycles. The zero-order valence-electron chi connectivity index (χ0n) is 26.7. The Labute approximate surface area is 237 Å². The zero-order chi connectivity index (χ0) is 28.4. The first-order valence-corrected chi connectivity index (χ1v) is 16.7. The third-order valence-electron chi connectivity index (χ3n) is 12.7. The molecule has 0 amide bonds. The summed E-state index contributed by atoms with van der Waals surface area (Å²) in [4.78, 5) is 0. The predicted octanol–water partition coefficient (Wildman–Crippen LogP) is 6.94. The molecule has 8 N–H and O–H groups in total. The van der Waals surface area contributed by atoms with E-state index in [1.54, 1.807) is 0 Å². The second kappa shape index (κ2) is 13.7. The van der Waals surface area contributed by atoms with Gasteiger partial charge < -0.3 is 22.9 Å². The highest BCUT2D eigenvalue weighted by Crippen LogP contribution is 2.50. The summed E-state index contributed by atoms with van der Waals surface area (Å²) >= 11 is 0. The summed E-state index contributed by atoms with van der Waals surface area (Å²) in [5, 5.41) is 0. The Morgan fingerprint density at radius 3 is 1.08 bits per heavy atom. The molecule has 0 aromatic carbocycles. The first-order valence-electron chi connectivity index (χ1n) is 16.7. The molecule has 0 aromatic rings. The lowest BCUT2D eigenvalue weighted by atomic mass is 9.58. The normalized spacial score (nSPS) is 48.6. The number of hydrogen-bond acceptors (Lipinski definition) is 4. The van der Waals surface area contributed by atoms with Crippen LogP contribution in [0.1, 0.15) is 126 Å². The summed E-state index contributed by atoms with van der Waals surface area (Å²) in [5.41, 5.74) is 25.4. The number of rotatable bonds is 4. The van der Waals surface area contributed by atoms with Crippen molar-refractivity contribution < 1.29 is 0 Å². The smallest absolute Gasteiger partial charge is 0.00905 e. The molecule has 4 heteroatoms. The summed E-state index contributed by atoms with van der Waals surface area (Å²) in [5.74, 6) is 7.73. The van der Waals surface area contributed by atoms with Crippen LogP contribution in [0.4, 0.5) is 0 Å². The quantitative estimate of drug-likeness (QED) is 0.315. The zero-order valence-corrected chi connectivity index (χ0v) is 26.7. The van der Waals surface area contributed by atoms with Gasteiger partial charge in [-0.2, -0.15) is 0 Å². The summed E-state index contributed by atoms with van der Waals surface area (Å²) in [6.07, 6.45) is 14.5. The number of nitrogens with two attached hydrogens (primary N) is 4. The van der Waals surface area contributed by atoms with Crippen molar-refractivity contribution in [3.63, 3.8) is 0 Å². The van der Waals surface area contributed by atoms with Crippen molar-refractivity contribution in [3.8, 4) is 0 Å². The highest BCUT2D eigenvalue weighted by Gasteiger charge is 2.42. The van der Waals surface area contributed by atoms with Gasteiger partial charge in [0.15, 0.2) is 0 Å². The van der Waals surface area contributed by atoms with E-state index in [0.29, 0.717) is 65.1 Å². The van der Waals surface area contributed by atoms with Gasteiger partial charge in [-0.1, -0.05) is 55.4 Å². The van der Waals surface area contributed by atoms with Crippen molar-refractivity contribution in [2.45, 2.75) is 150 Å². The molecule has 4 aliphatic rings. The minimum Gasteiger partial charge on any atom is -0.327 e. The van der Waals surface area contributed by atoms with Gasteiger partial charge in [0.25, 0.3) is 0 Å². The largest absolute Gasteiger partial charge is 0.327 e. The molecule has 4 saturated carbocycles. The first-order chi connectivity index (χ1) is 17.7. The molecule has 4 aliphatic carbocycles. The Kier molecular flexibility index (Phi) is 11.6. The Bertz CT molecular complexity index is 629. The van der Waals surface area contributed by atoms with Gasteiger partial charge in [0.05, 0.1) is 0 Å². The van der Waals surface area contributed by atoms with Crippen LogP contribution in [-0.4, -0.2) is 24.2 Å². The summed E-state index contributed by atoms with van der Waals surface area (Å²) in [6, 6.07) is 1.72. The Morgan fingerprint density at radius 1 is 0.474 bits per heavy atom. The van der Waals surface area contributed by atoms with Crippen LogP contribution in [0.3, 0.4) is 0 Å². The van der Waals surface area contributed by atoms with Gasteiger partial charge in [0.1, 0.15) is 0 Å². The van der Waals surface area contributed by atoms with E-state index < -0.39 is 0 Å². The topological polar surface area (TPSA) is 104 Å². The number of hydrogen-bond donors (Lipinski definition) is 4. The lowest BCUT2D eigenvalue weighted by Crippen LogP contribution is -2.45. The fraction of sp³-hybridized carbons (Fsp3) is 1.00. The van der Waals surface area contributed by atoms with E-state index in [9.17, 15) is 0 Å². The van der Waals surface area contributed by atoms with Gasteiger partial charge in [-0.25, -0.2) is 0 Å². The van der Waals surface area contributed by atoms with E-state index >= 15 is 0 Å². The molecular weight excluding hydrogens is 464 g/mol. The van der Waals surface area contributed by atoms with Gasteiger partial charge >= 0.3 is 0 Å². The molecule has 10 unspecified atom stereocenters. The molecule has 4 rings (SSSR count). The molecule has 4 fully saturated rings. The van der Waals surface area contributed by atoms with Crippen LogP contribution in [0, 0.1) is 64.6 Å².